The molecular formula is C22H20N2O5. The minimum Gasteiger partial charge on any atom is -0.506 e. The number of carbonyl (C=O) groups is 1. The largest absolute Gasteiger partial charge is 0.506 e. The highest BCUT2D eigenvalue weighted by molar-refractivity contribution is 6.12. The van der Waals surface area contributed by atoms with Gasteiger partial charge in [0.15, 0.2) is 5.78 Å². The second-order valence-corrected chi connectivity index (χ2v) is 6.62. The molecule has 7 nitrogen and oxygen atoms in total. The van der Waals surface area contributed by atoms with Crippen LogP contribution in [0.4, 0.5) is 11.4 Å². The fourth-order valence-electron chi connectivity index (χ4n) is 3.05. The van der Waals surface area contributed by atoms with Crippen molar-refractivity contribution in [2.45, 2.75) is 0 Å². The maximum absolute atomic E-state index is 13.0. The number of phenolic OH excluding ortho intramolecular Hbond substituents is 1. The predicted octanol–water partition coefficient (Wildman–Crippen LogP) is 4.27. The molecule has 0 aliphatic rings. The van der Waals surface area contributed by atoms with Gasteiger partial charge in [-0.15, -0.1) is 0 Å². The monoisotopic (exact) mass is 392 g/mol. The molecule has 0 saturated carbocycles. The zero-order chi connectivity index (χ0) is 21.1. The second kappa shape index (κ2) is 8.02. The van der Waals surface area contributed by atoms with Gasteiger partial charge in [-0.2, -0.15) is 0 Å². The zero-order valence-electron chi connectivity index (χ0n) is 16.2. The van der Waals surface area contributed by atoms with Gasteiger partial charge in [-0.3, -0.25) is 14.9 Å². The molecule has 0 fully saturated rings. The van der Waals surface area contributed by atoms with E-state index in [9.17, 15) is 20.0 Å². The SMILES string of the molecule is COc1ccc(C(=O)c2ccc(N(C)C)cc2)c(O)c1-c1cccc([N+](=O)[O-])c1. The van der Waals surface area contributed by atoms with Crippen molar-refractivity contribution >= 4 is 17.2 Å². The van der Waals surface area contributed by atoms with E-state index in [0.29, 0.717) is 16.9 Å². The van der Waals surface area contributed by atoms with Gasteiger partial charge in [-0.1, -0.05) is 12.1 Å². The molecular weight excluding hydrogens is 372 g/mol. The van der Waals surface area contributed by atoms with Crippen LogP contribution in [0.25, 0.3) is 11.1 Å². The van der Waals surface area contributed by atoms with Crippen molar-refractivity contribution in [2.75, 3.05) is 26.1 Å². The summed E-state index contributed by atoms with van der Waals surface area (Å²) in [5.41, 5.74) is 1.93. The Morgan fingerprint density at radius 3 is 2.34 bits per heavy atom. The van der Waals surface area contributed by atoms with Crippen LogP contribution in [-0.4, -0.2) is 37.0 Å². The Kier molecular flexibility index (Phi) is 5.50. The van der Waals surface area contributed by atoms with Crippen LogP contribution in [-0.2, 0) is 0 Å². The molecule has 0 aromatic heterocycles. The second-order valence-electron chi connectivity index (χ2n) is 6.62. The standard InChI is InChI=1S/C22H20N2O5/c1-23(2)16-9-7-14(8-10-16)21(25)18-11-12-19(29-3)20(22(18)26)15-5-4-6-17(13-15)24(27)28/h4-13,26H,1-3H3. The van der Waals surface area contributed by atoms with Crippen LogP contribution >= 0.6 is 0 Å². The Balaban J connectivity index is 2.10. The Bertz CT molecular complexity index is 1080. The van der Waals surface area contributed by atoms with E-state index in [1.165, 1.54) is 31.4 Å². The van der Waals surface area contributed by atoms with Crippen molar-refractivity contribution < 1.29 is 19.6 Å². The molecule has 0 spiro atoms. The van der Waals surface area contributed by atoms with Crippen molar-refractivity contribution in [2.24, 2.45) is 0 Å². The maximum atomic E-state index is 13.0. The molecule has 3 aromatic carbocycles. The number of benzene rings is 3. The number of hydrogen-bond donors (Lipinski definition) is 1. The van der Waals surface area contributed by atoms with Crippen LogP contribution in [0.1, 0.15) is 15.9 Å². The van der Waals surface area contributed by atoms with E-state index >= 15 is 0 Å². The summed E-state index contributed by atoms with van der Waals surface area (Å²) in [5.74, 6) is -0.337. The van der Waals surface area contributed by atoms with Crippen molar-refractivity contribution in [1.82, 2.24) is 0 Å². The van der Waals surface area contributed by atoms with E-state index < -0.39 is 4.92 Å². The number of nitro benzene ring substituents is 1. The Morgan fingerprint density at radius 2 is 1.76 bits per heavy atom. The summed E-state index contributed by atoms with van der Waals surface area (Å²) in [6.07, 6.45) is 0. The number of aromatic hydroxyl groups is 1. The first kappa shape index (κ1) is 19.9. The number of rotatable bonds is 6. The van der Waals surface area contributed by atoms with Crippen LogP contribution in [0.2, 0.25) is 0 Å². The molecule has 29 heavy (non-hydrogen) atoms. The summed E-state index contributed by atoms with van der Waals surface area (Å²) in [6.45, 7) is 0. The van der Waals surface area contributed by atoms with Gasteiger partial charge in [-0.25, -0.2) is 0 Å². The first-order valence-corrected chi connectivity index (χ1v) is 8.80. The van der Waals surface area contributed by atoms with Crippen LogP contribution in [0, 0.1) is 10.1 Å². The average Bonchev–Trinajstić information content (AvgIpc) is 2.73. The fourth-order valence-corrected chi connectivity index (χ4v) is 3.05. The normalized spacial score (nSPS) is 10.4. The summed E-state index contributed by atoms with van der Waals surface area (Å²) < 4.78 is 5.32. The van der Waals surface area contributed by atoms with Crippen LogP contribution in [0.5, 0.6) is 11.5 Å². The molecule has 0 amide bonds. The number of ketones is 1. The fraction of sp³-hybridized carbons (Fsp3) is 0.136. The number of anilines is 1. The van der Waals surface area contributed by atoms with Gasteiger partial charge in [0.25, 0.3) is 5.69 Å². The van der Waals surface area contributed by atoms with Crippen LogP contribution in [0.3, 0.4) is 0 Å². The number of non-ortho nitro benzene ring substituents is 1. The minimum atomic E-state index is -0.520. The lowest BCUT2D eigenvalue weighted by molar-refractivity contribution is -0.384. The molecule has 148 valence electrons. The molecule has 0 unspecified atom stereocenters. The van der Waals surface area contributed by atoms with Crippen LogP contribution in [0.15, 0.2) is 60.7 Å². The van der Waals surface area contributed by atoms with Crippen LogP contribution < -0.4 is 9.64 Å². The number of ether oxygens (including phenoxy) is 1. The highest BCUT2D eigenvalue weighted by Gasteiger charge is 2.22. The smallest absolute Gasteiger partial charge is 0.270 e. The third-order valence-corrected chi connectivity index (χ3v) is 4.60. The third-order valence-electron chi connectivity index (χ3n) is 4.60. The van der Waals surface area contributed by atoms with E-state index in [2.05, 4.69) is 0 Å². The molecule has 0 heterocycles. The first-order valence-electron chi connectivity index (χ1n) is 8.80. The molecule has 0 atom stereocenters. The molecule has 3 aromatic rings. The quantitative estimate of drug-likeness (QED) is 0.382. The van der Waals surface area contributed by atoms with Gasteiger partial charge in [0.2, 0.25) is 0 Å². The highest BCUT2D eigenvalue weighted by Crippen LogP contribution is 2.41. The molecule has 3 rings (SSSR count). The number of nitro groups is 1. The predicted molar refractivity (Wildman–Crippen MR) is 111 cm³/mol. The van der Waals surface area contributed by atoms with E-state index in [4.69, 9.17) is 4.74 Å². The molecule has 0 radical (unpaired) electrons. The Hall–Kier alpha value is -3.87. The lowest BCUT2D eigenvalue weighted by atomic mass is 9.95. The van der Waals surface area contributed by atoms with Crippen molar-refractivity contribution in [3.8, 4) is 22.6 Å². The summed E-state index contributed by atoms with van der Waals surface area (Å²) in [5, 5.41) is 22.0. The minimum absolute atomic E-state index is 0.0879. The molecule has 0 bridgehead atoms. The van der Waals surface area contributed by atoms with Gasteiger partial charge >= 0.3 is 0 Å². The van der Waals surface area contributed by atoms with Gasteiger partial charge < -0.3 is 14.7 Å². The average molecular weight is 392 g/mol. The highest BCUT2D eigenvalue weighted by atomic mass is 16.6. The molecule has 1 N–H and O–H groups in total. The summed E-state index contributed by atoms with van der Waals surface area (Å²) in [7, 11) is 5.23. The topological polar surface area (TPSA) is 92.9 Å². The van der Waals surface area contributed by atoms with Crippen molar-refractivity contribution in [1.29, 1.82) is 0 Å². The Labute approximate surface area is 167 Å². The maximum Gasteiger partial charge on any atom is 0.270 e. The lowest BCUT2D eigenvalue weighted by Crippen LogP contribution is -2.09. The third kappa shape index (κ3) is 3.89. The number of methoxy groups -OCH3 is 1. The van der Waals surface area contributed by atoms with E-state index in [-0.39, 0.29) is 28.3 Å². The Morgan fingerprint density at radius 1 is 1.07 bits per heavy atom. The molecule has 0 saturated heterocycles. The zero-order valence-corrected chi connectivity index (χ0v) is 16.2. The lowest BCUT2D eigenvalue weighted by Gasteiger charge is -2.15. The van der Waals surface area contributed by atoms with Gasteiger partial charge in [0, 0.05) is 37.5 Å². The van der Waals surface area contributed by atoms with Gasteiger partial charge in [-0.05, 0) is 42.0 Å². The van der Waals surface area contributed by atoms with E-state index in [1.807, 2.05) is 31.1 Å². The number of carbonyl (C=O) groups excluding carboxylic acids is 1. The summed E-state index contributed by atoms with van der Waals surface area (Å²) in [6, 6.07) is 15.9. The number of nitrogens with zero attached hydrogens (tertiary/aromatic N) is 2. The van der Waals surface area contributed by atoms with Gasteiger partial charge in [0.1, 0.15) is 11.5 Å². The molecule has 0 aliphatic heterocycles. The first-order chi connectivity index (χ1) is 13.8. The summed E-state index contributed by atoms with van der Waals surface area (Å²) in [4.78, 5) is 25.5. The molecule has 0 aliphatic carbocycles. The van der Waals surface area contributed by atoms with Crippen molar-refractivity contribution in [3.63, 3.8) is 0 Å². The van der Waals surface area contributed by atoms with E-state index in [1.54, 1.807) is 24.3 Å². The summed E-state index contributed by atoms with van der Waals surface area (Å²) >= 11 is 0. The van der Waals surface area contributed by atoms with Gasteiger partial charge in [0.05, 0.1) is 23.2 Å². The van der Waals surface area contributed by atoms with Crippen molar-refractivity contribution in [3.05, 3.63) is 81.9 Å². The number of hydrogen-bond acceptors (Lipinski definition) is 6. The molecule has 7 heteroatoms. The number of phenols is 1. The van der Waals surface area contributed by atoms with E-state index in [0.717, 1.165) is 5.69 Å².